The van der Waals surface area contributed by atoms with Crippen molar-refractivity contribution in [2.75, 3.05) is 0 Å². The van der Waals surface area contributed by atoms with Crippen LogP contribution in [-0.2, 0) is 23.9 Å². The molecule has 106 valence electrons. The van der Waals surface area contributed by atoms with Gasteiger partial charge in [-0.2, -0.15) is 0 Å². The molecule has 1 unspecified atom stereocenters. The number of ether oxygens (including phenoxy) is 2. The van der Waals surface area contributed by atoms with Gasteiger partial charge in [-0.05, 0) is 0 Å². The van der Waals surface area contributed by atoms with Gasteiger partial charge in [0.1, 0.15) is 6.04 Å². The maximum absolute atomic E-state index is 11.1. The molecule has 2 N–H and O–H groups in total. The maximum Gasteiger partial charge on any atom is 0.411 e. The van der Waals surface area contributed by atoms with E-state index in [0.29, 0.717) is 4.90 Å². The van der Waals surface area contributed by atoms with Crippen LogP contribution in [0.25, 0.3) is 0 Å². The number of carboxylic acid groups (broad SMARTS) is 2. The van der Waals surface area contributed by atoms with Gasteiger partial charge in [-0.15, -0.1) is 0 Å². The zero-order valence-electron chi connectivity index (χ0n) is 10.2. The van der Waals surface area contributed by atoms with E-state index in [1.165, 1.54) is 0 Å². The van der Waals surface area contributed by atoms with Crippen molar-refractivity contribution in [2.24, 2.45) is 0 Å². The quantitative estimate of drug-likeness (QED) is 0.668. The molecule has 0 aromatic heterocycles. The average molecular weight is 275 g/mol. The van der Waals surface area contributed by atoms with Gasteiger partial charge in [-0.1, -0.05) is 0 Å². The fourth-order valence-corrected chi connectivity index (χ4v) is 1.89. The third-order valence-corrected chi connectivity index (χ3v) is 2.49. The number of nitrogens with zero attached hydrogens (tertiary/aromatic N) is 1. The molecule has 3 atom stereocenters. The molecular formula is C10H13NO8. The predicted octanol–water partition coefficient (Wildman–Crippen LogP) is -0.356. The molecule has 0 aliphatic carbocycles. The van der Waals surface area contributed by atoms with Crippen LogP contribution in [0, 0.1) is 0 Å². The lowest BCUT2D eigenvalue weighted by molar-refractivity contribution is -0.171. The van der Waals surface area contributed by atoms with E-state index in [2.05, 4.69) is 0 Å². The molecule has 0 aromatic rings. The average Bonchev–Trinajstić information content (AvgIpc) is 2.55. The molecule has 1 fully saturated rings. The van der Waals surface area contributed by atoms with Crippen LogP contribution in [-0.4, -0.2) is 57.5 Å². The molecule has 1 amide bonds. The predicted molar refractivity (Wildman–Crippen MR) is 57.0 cm³/mol. The molecule has 1 heterocycles. The van der Waals surface area contributed by atoms with Crippen molar-refractivity contribution in [1.29, 1.82) is 0 Å². The van der Waals surface area contributed by atoms with E-state index in [1.807, 2.05) is 0 Å². The highest BCUT2D eigenvalue weighted by Crippen LogP contribution is 2.28. The molecule has 9 nitrogen and oxygen atoms in total. The summed E-state index contributed by atoms with van der Waals surface area (Å²) < 4.78 is 9.55. The van der Waals surface area contributed by atoms with E-state index in [4.69, 9.17) is 19.7 Å². The van der Waals surface area contributed by atoms with E-state index in [1.54, 1.807) is 0 Å². The summed E-state index contributed by atoms with van der Waals surface area (Å²) in [5.41, 5.74) is 0. The normalized spacial score (nSPS) is 25.8. The van der Waals surface area contributed by atoms with Crippen LogP contribution in [0.3, 0.4) is 0 Å². The van der Waals surface area contributed by atoms with E-state index in [-0.39, 0.29) is 6.42 Å². The Balaban J connectivity index is 3.04. The number of hydrogen-bond donors (Lipinski definition) is 2. The van der Waals surface area contributed by atoms with Crippen molar-refractivity contribution < 1.29 is 38.9 Å². The summed E-state index contributed by atoms with van der Waals surface area (Å²) in [4.78, 5) is 44.4. The highest BCUT2D eigenvalue weighted by Gasteiger charge is 2.51. The number of carbonyl (C=O) groups is 4. The third-order valence-electron chi connectivity index (χ3n) is 2.49. The maximum atomic E-state index is 11.1. The molecule has 1 aliphatic heterocycles. The van der Waals surface area contributed by atoms with E-state index < -0.39 is 42.4 Å². The Morgan fingerprint density at radius 3 is 1.95 bits per heavy atom. The van der Waals surface area contributed by atoms with Crippen LogP contribution in [0.15, 0.2) is 0 Å². The van der Waals surface area contributed by atoms with Gasteiger partial charge in [0, 0.05) is 20.3 Å². The fraction of sp³-hybridized carbons (Fsp3) is 0.600. The second-order valence-corrected chi connectivity index (χ2v) is 3.93. The number of esters is 2. The Hall–Kier alpha value is -2.32. The first-order valence-corrected chi connectivity index (χ1v) is 5.32. The Morgan fingerprint density at radius 2 is 1.58 bits per heavy atom. The molecule has 1 aliphatic rings. The Labute approximate surface area is 107 Å². The molecule has 0 radical (unpaired) electrons. The fourth-order valence-electron chi connectivity index (χ4n) is 1.89. The SMILES string of the molecule is CC(=O)OC1[C@H](OC(C)=O)C[C@@H](C(=O)O)N1C(=O)O. The van der Waals surface area contributed by atoms with Crippen molar-refractivity contribution in [2.45, 2.75) is 38.6 Å². The Kier molecular flexibility index (Phi) is 4.30. The lowest BCUT2D eigenvalue weighted by Gasteiger charge is -2.26. The van der Waals surface area contributed by atoms with E-state index in [0.717, 1.165) is 13.8 Å². The number of likely N-dealkylation sites (tertiary alicyclic amines) is 1. The summed E-state index contributed by atoms with van der Waals surface area (Å²) in [7, 11) is 0. The van der Waals surface area contributed by atoms with Gasteiger partial charge >= 0.3 is 24.0 Å². The van der Waals surface area contributed by atoms with Crippen LogP contribution < -0.4 is 0 Å². The van der Waals surface area contributed by atoms with Crippen LogP contribution >= 0.6 is 0 Å². The van der Waals surface area contributed by atoms with Crippen molar-refractivity contribution in [3.8, 4) is 0 Å². The molecule has 0 bridgehead atoms. The molecule has 0 saturated carbocycles. The zero-order chi connectivity index (χ0) is 14.7. The van der Waals surface area contributed by atoms with Gasteiger partial charge in [0.2, 0.25) is 6.23 Å². The number of rotatable bonds is 3. The van der Waals surface area contributed by atoms with Crippen molar-refractivity contribution in [3.63, 3.8) is 0 Å². The summed E-state index contributed by atoms with van der Waals surface area (Å²) in [5, 5.41) is 17.9. The summed E-state index contributed by atoms with van der Waals surface area (Å²) in [6, 6.07) is -1.44. The van der Waals surface area contributed by atoms with Gasteiger partial charge in [-0.3, -0.25) is 14.5 Å². The topological polar surface area (TPSA) is 130 Å². The molecule has 1 rings (SSSR count). The second-order valence-electron chi connectivity index (χ2n) is 3.93. The van der Waals surface area contributed by atoms with Crippen molar-refractivity contribution in [3.05, 3.63) is 0 Å². The largest absolute Gasteiger partial charge is 0.480 e. The van der Waals surface area contributed by atoms with Crippen molar-refractivity contribution in [1.82, 2.24) is 4.90 Å². The molecule has 0 aromatic carbocycles. The van der Waals surface area contributed by atoms with Crippen LogP contribution in [0.5, 0.6) is 0 Å². The van der Waals surface area contributed by atoms with Gasteiger partial charge in [0.05, 0.1) is 0 Å². The minimum Gasteiger partial charge on any atom is -0.480 e. The van der Waals surface area contributed by atoms with Crippen LogP contribution in [0.1, 0.15) is 20.3 Å². The summed E-state index contributed by atoms with van der Waals surface area (Å²) in [6.07, 6.45) is -4.45. The first kappa shape index (κ1) is 14.7. The Bertz CT molecular complexity index is 420. The Morgan fingerprint density at radius 1 is 1.05 bits per heavy atom. The molecule has 19 heavy (non-hydrogen) atoms. The summed E-state index contributed by atoms with van der Waals surface area (Å²) in [6.45, 7) is 2.13. The number of carbonyl (C=O) groups excluding carboxylic acids is 2. The van der Waals surface area contributed by atoms with Gasteiger partial charge < -0.3 is 19.7 Å². The lowest BCUT2D eigenvalue weighted by Crippen LogP contribution is -2.47. The minimum absolute atomic E-state index is 0.279. The molecular weight excluding hydrogens is 262 g/mol. The molecule has 1 saturated heterocycles. The van der Waals surface area contributed by atoms with Gasteiger partial charge in [0.15, 0.2) is 6.10 Å². The van der Waals surface area contributed by atoms with E-state index in [9.17, 15) is 19.2 Å². The first-order valence-electron chi connectivity index (χ1n) is 5.32. The second kappa shape index (κ2) is 5.55. The zero-order valence-corrected chi connectivity index (χ0v) is 10.2. The van der Waals surface area contributed by atoms with Crippen molar-refractivity contribution >= 4 is 24.0 Å². The summed E-state index contributed by atoms with van der Waals surface area (Å²) in [5.74, 6) is -2.94. The van der Waals surface area contributed by atoms with Crippen LogP contribution in [0.4, 0.5) is 4.79 Å². The molecule has 0 spiro atoms. The number of hydrogen-bond acceptors (Lipinski definition) is 6. The standard InChI is InChI=1S/C10H13NO8/c1-4(12)18-7-3-6(9(14)15)11(10(16)17)8(7)19-5(2)13/h6-8H,3H2,1-2H3,(H,14,15)(H,16,17)/t6-,7+,8?/m0/s1. The number of carboxylic acids is 1. The number of amides is 1. The highest BCUT2D eigenvalue weighted by molar-refractivity contribution is 5.81. The first-order chi connectivity index (χ1) is 8.73. The summed E-state index contributed by atoms with van der Waals surface area (Å²) >= 11 is 0. The van der Waals surface area contributed by atoms with E-state index >= 15 is 0 Å². The van der Waals surface area contributed by atoms with Gasteiger partial charge in [-0.25, -0.2) is 9.59 Å². The lowest BCUT2D eigenvalue weighted by atomic mass is 10.2. The highest BCUT2D eigenvalue weighted by atomic mass is 16.6. The third kappa shape index (κ3) is 3.33. The molecule has 9 heteroatoms. The number of aliphatic carboxylic acids is 1. The smallest absolute Gasteiger partial charge is 0.411 e. The minimum atomic E-state index is -1.58. The monoisotopic (exact) mass is 275 g/mol. The van der Waals surface area contributed by atoms with Gasteiger partial charge in [0.25, 0.3) is 0 Å². The van der Waals surface area contributed by atoms with Crippen LogP contribution in [0.2, 0.25) is 0 Å².